The van der Waals surface area contributed by atoms with Gasteiger partial charge in [-0.1, -0.05) is 18.2 Å². The number of amides is 3. The Kier molecular flexibility index (Phi) is 7.84. The molecular formula is C27H28F3N3O5. The van der Waals surface area contributed by atoms with Crippen molar-refractivity contribution in [3.05, 3.63) is 77.2 Å². The summed E-state index contributed by atoms with van der Waals surface area (Å²) in [7, 11) is 0. The van der Waals surface area contributed by atoms with Crippen molar-refractivity contribution in [2.24, 2.45) is 0 Å². The van der Waals surface area contributed by atoms with Crippen LogP contribution in [0.1, 0.15) is 36.5 Å². The number of urea groups is 1. The summed E-state index contributed by atoms with van der Waals surface area (Å²) in [6, 6.07) is 12.3. The van der Waals surface area contributed by atoms with Gasteiger partial charge in [0, 0.05) is 12.6 Å². The van der Waals surface area contributed by atoms with Crippen molar-refractivity contribution in [2.45, 2.75) is 46.1 Å². The molecule has 0 unspecified atom stereocenters. The smallest absolute Gasteiger partial charge is 0.418 e. The molecule has 0 spiro atoms. The van der Waals surface area contributed by atoms with Gasteiger partial charge in [-0.3, -0.25) is 4.79 Å². The predicted octanol–water partition coefficient (Wildman–Crippen LogP) is 5.81. The van der Waals surface area contributed by atoms with Crippen LogP contribution < -0.4 is 14.8 Å². The van der Waals surface area contributed by atoms with E-state index in [9.17, 15) is 22.8 Å². The molecule has 1 aliphatic rings. The average molecular weight is 532 g/mol. The normalized spacial score (nSPS) is 12.5. The molecule has 3 amide bonds. The molecule has 8 nitrogen and oxygen atoms in total. The fourth-order valence-corrected chi connectivity index (χ4v) is 4.01. The summed E-state index contributed by atoms with van der Waals surface area (Å²) in [5, 5.41) is 2.32. The van der Waals surface area contributed by atoms with Gasteiger partial charge in [0.1, 0.15) is 18.1 Å². The van der Waals surface area contributed by atoms with E-state index in [-0.39, 0.29) is 32.1 Å². The Morgan fingerprint density at radius 3 is 2.42 bits per heavy atom. The number of aryl methyl sites for hydroxylation is 1. The maximum absolute atomic E-state index is 13.5. The summed E-state index contributed by atoms with van der Waals surface area (Å²) >= 11 is 0. The van der Waals surface area contributed by atoms with Crippen molar-refractivity contribution in [1.29, 1.82) is 0 Å². The van der Waals surface area contributed by atoms with Crippen molar-refractivity contribution in [3.63, 3.8) is 0 Å². The van der Waals surface area contributed by atoms with Crippen LogP contribution in [0.2, 0.25) is 0 Å². The number of para-hydroxylation sites is 1. The van der Waals surface area contributed by atoms with Crippen molar-refractivity contribution in [2.75, 3.05) is 18.7 Å². The average Bonchev–Trinajstić information content (AvgIpc) is 3.49. The SMILES string of the molecule is Cc1ccc(CN(Cc2ccc3c(c2)OCO3)C(=O)CN(C(=O)Nc2ccccc2C(F)(F)F)C(C)C)o1. The monoisotopic (exact) mass is 531 g/mol. The molecule has 38 heavy (non-hydrogen) atoms. The molecule has 0 atom stereocenters. The van der Waals surface area contributed by atoms with E-state index in [1.807, 2.05) is 6.07 Å². The second-order valence-electron chi connectivity index (χ2n) is 9.14. The number of nitrogens with zero attached hydrogens (tertiary/aromatic N) is 2. The highest BCUT2D eigenvalue weighted by molar-refractivity contribution is 5.93. The summed E-state index contributed by atoms with van der Waals surface area (Å²) in [5.41, 5.74) is -0.585. The molecule has 0 radical (unpaired) electrons. The number of alkyl halides is 3. The summed E-state index contributed by atoms with van der Waals surface area (Å²) in [6.45, 7) is 5.22. The Labute approximate surface area is 217 Å². The molecule has 0 saturated carbocycles. The summed E-state index contributed by atoms with van der Waals surface area (Å²) in [6.07, 6.45) is -4.65. The van der Waals surface area contributed by atoms with Gasteiger partial charge in [-0.15, -0.1) is 0 Å². The first-order chi connectivity index (χ1) is 18.0. The molecule has 2 aromatic carbocycles. The van der Waals surface area contributed by atoms with Crippen LogP contribution >= 0.6 is 0 Å². The highest BCUT2D eigenvalue weighted by Gasteiger charge is 2.34. The highest BCUT2D eigenvalue weighted by atomic mass is 19.4. The Morgan fingerprint density at radius 1 is 1.00 bits per heavy atom. The van der Waals surface area contributed by atoms with Gasteiger partial charge in [-0.05, 0) is 62.7 Å². The first-order valence-corrected chi connectivity index (χ1v) is 12.0. The highest BCUT2D eigenvalue weighted by Crippen LogP contribution is 2.35. The fourth-order valence-electron chi connectivity index (χ4n) is 4.01. The zero-order chi connectivity index (χ0) is 27.4. The number of hydrogen-bond acceptors (Lipinski definition) is 5. The molecule has 1 N–H and O–H groups in total. The molecular weight excluding hydrogens is 503 g/mol. The van der Waals surface area contributed by atoms with Crippen LogP contribution in [-0.2, 0) is 24.1 Å². The van der Waals surface area contributed by atoms with E-state index >= 15 is 0 Å². The lowest BCUT2D eigenvalue weighted by Gasteiger charge is -2.30. The first-order valence-electron chi connectivity index (χ1n) is 12.0. The molecule has 11 heteroatoms. The van der Waals surface area contributed by atoms with Crippen LogP contribution in [0.3, 0.4) is 0 Å². The number of benzene rings is 2. The number of nitrogens with one attached hydrogen (secondary N) is 1. The van der Waals surface area contributed by atoms with Crippen molar-refractivity contribution in [1.82, 2.24) is 9.80 Å². The maximum atomic E-state index is 13.5. The van der Waals surface area contributed by atoms with Crippen molar-refractivity contribution < 1.29 is 36.7 Å². The van der Waals surface area contributed by atoms with E-state index in [2.05, 4.69) is 5.32 Å². The van der Waals surface area contributed by atoms with E-state index in [0.717, 1.165) is 11.6 Å². The van der Waals surface area contributed by atoms with Crippen LogP contribution in [0, 0.1) is 6.92 Å². The first kappa shape index (κ1) is 26.9. The molecule has 0 fully saturated rings. The van der Waals surface area contributed by atoms with Crippen LogP contribution in [-0.4, -0.2) is 41.1 Å². The Hall–Kier alpha value is -4.15. The fraction of sp³-hybridized carbons (Fsp3) is 0.333. The van der Waals surface area contributed by atoms with Gasteiger partial charge < -0.3 is 29.0 Å². The standard InChI is InChI=1S/C27H28F3N3O5/c1-17(2)33(26(35)31-22-7-5-4-6-21(22)27(28,29)30)15-25(34)32(14-20-10-8-18(3)38-20)13-19-9-11-23-24(12-19)37-16-36-23/h4-12,17H,13-16H2,1-3H3,(H,31,35). The molecule has 1 aromatic heterocycles. The third-order valence-corrected chi connectivity index (χ3v) is 5.97. The number of halogens is 3. The third-order valence-electron chi connectivity index (χ3n) is 5.97. The van der Waals surface area contributed by atoms with E-state index in [1.54, 1.807) is 45.0 Å². The van der Waals surface area contributed by atoms with Gasteiger partial charge in [0.25, 0.3) is 0 Å². The molecule has 0 aliphatic carbocycles. The lowest BCUT2D eigenvalue weighted by atomic mass is 10.1. The summed E-state index contributed by atoms with van der Waals surface area (Å²) in [4.78, 5) is 29.3. The number of hydrogen-bond donors (Lipinski definition) is 1. The van der Waals surface area contributed by atoms with E-state index in [1.165, 1.54) is 28.0 Å². The quantitative estimate of drug-likeness (QED) is 0.397. The number of ether oxygens (including phenoxy) is 2. The van der Waals surface area contributed by atoms with Crippen LogP contribution in [0.5, 0.6) is 11.5 Å². The lowest BCUT2D eigenvalue weighted by molar-refractivity contribution is -0.137. The lowest BCUT2D eigenvalue weighted by Crippen LogP contribution is -2.47. The predicted molar refractivity (Wildman–Crippen MR) is 133 cm³/mol. The number of carbonyl (C=O) groups excluding carboxylic acids is 2. The molecule has 3 aromatic rings. The van der Waals surface area contributed by atoms with E-state index in [4.69, 9.17) is 13.9 Å². The van der Waals surface area contributed by atoms with Gasteiger partial charge in [0.2, 0.25) is 12.7 Å². The Morgan fingerprint density at radius 2 is 1.74 bits per heavy atom. The maximum Gasteiger partial charge on any atom is 0.418 e. The number of carbonyl (C=O) groups is 2. The van der Waals surface area contributed by atoms with Gasteiger partial charge in [0.15, 0.2) is 11.5 Å². The minimum Gasteiger partial charge on any atom is -0.464 e. The number of fused-ring (bicyclic) bond motifs is 1. The zero-order valence-electron chi connectivity index (χ0n) is 21.2. The summed E-state index contributed by atoms with van der Waals surface area (Å²) in [5.74, 6) is 1.99. The van der Waals surface area contributed by atoms with E-state index < -0.39 is 29.7 Å². The van der Waals surface area contributed by atoms with Crippen molar-refractivity contribution in [3.8, 4) is 11.5 Å². The number of anilines is 1. The third kappa shape index (κ3) is 6.39. The number of rotatable bonds is 8. The zero-order valence-corrected chi connectivity index (χ0v) is 21.2. The second-order valence-corrected chi connectivity index (χ2v) is 9.14. The van der Waals surface area contributed by atoms with Gasteiger partial charge >= 0.3 is 12.2 Å². The second kappa shape index (κ2) is 11.1. The molecule has 0 saturated heterocycles. The molecule has 0 bridgehead atoms. The molecule has 4 rings (SSSR count). The molecule has 1 aliphatic heterocycles. The van der Waals surface area contributed by atoms with Gasteiger partial charge in [-0.25, -0.2) is 4.79 Å². The van der Waals surface area contributed by atoms with Gasteiger partial charge in [-0.2, -0.15) is 13.2 Å². The Bertz CT molecular complexity index is 1310. The van der Waals surface area contributed by atoms with Crippen LogP contribution in [0.15, 0.2) is 59.0 Å². The minimum atomic E-state index is -4.65. The number of furan rings is 1. The van der Waals surface area contributed by atoms with Crippen molar-refractivity contribution >= 4 is 17.6 Å². The molecule has 202 valence electrons. The minimum absolute atomic E-state index is 0.114. The largest absolute Gasteiger partial charge is 0.464 e. The topological polar surface area (TPSA) is 84.2 Å². The van der Waals surface area contributed by atoms with Gasteiger partial charge in [0.05, 0.1) is 17.8 Å². The summed E-state index contributed by atoms with van der Waals surface area (Å²) < 4.78 is 56.7. The van der Waals surface area contributed by atoms with Crippen LogP contribution in [0.25, 0.3) is 0 Å². The molecule has 2 heterocycles. The van der Waals surface area contributed by atoms with Crippen LogP contribution in [0.4, 0.5) is 23.7 Å². The van der Waals surface area contributed by atoms with E-state index in [0.29, 0.717) is 23.0 Å². The Balaban J connectivity index is 1.54.